The number of rotatable bonds is 7. The van der Waals surface area contributed by atoms with Gasteiger partial charge in [0.25, 0.3) is 0 Å². The van der Waals surface area contributed by atoms with E-state index in [0.29, 0.717) is 30.5 Å². The number of ether oxygens (including phenoxy) is 2. The van der Waals surface area contributed by atoms with Crippen molar-refractivity contribution in [3.8, 4) is 11.6 Å². The number of pyridine rings is 1. The largest absolute Gasteiger partial charge is 0.439 e. The first-order valence-corrected chi connectivity index (χ1v) is 7.00. The zero-order valence-corrected chi connectivity index (χ0v) is 12.4. The SMILES string of the molecule is COCCCNC(=O)Nc1ccnc(Oc2ccccc2)c1. The van der Waals surface area contributed by atoms with E-state index < -0.39 is 0 Å². The number of amides is 2. The average molecular weight is 301 g/mol. The van der Waals surface area contributed by atoms with Gasteiger partial charge in [0.2, 0.25) is 5.88 Å². The number of hydrogen-bond donors (Lipinski definition) is 2. The van der Waals surface area contributed by atoms with Gasteiger partial charge in [-0.25, -0.2) is 9.78 Å². The van der Waals surface area contributed by atoms with Gasteiger partial charge in [-0.2, -0.15) is 0 Å². The maximum atomic E-state index is 11.7. The van der Waals surface area contributed by atoms with E-state index in [1.807, 2.05) is 30.3 Å². The zero-order valence-electron chi connectivity index (χ0n) is 12.4. The molecule has 0 fully saturated rings. The maximum Gasteiger partial charge on any atom is 0.319 e. The fraction of sp³-hybridized carbons (Fsp3) is 0.250. The molecule has 6 nitrogen and oxygen atoms in total. The lowest BCUT2D eigenvalue weighted by Crippen LogP contribution is -2.30. The number of aromatic nitrogens is 1. The molecule has 0 spiro atoms. The Labute approximate surface area is 129 Å². The Bertz CT molecular complexity index is 590. The summed E-state index contributed by atoms with van der Waals surface area (Å²) in [6.07, 6.45) is 2.35. The molecule has 1 heterocycles. The normalized spacial score (nSPS) is 10.0. The van der Waals surface area contributed by atoms with E-state index >= 15 is 0 Å². The second kappa shape index (κ2) is 8.63. The summed E-state index contributed by atoms with van der Waals surface area (Å²) >= 11 is 0. The first-order valence-electron chi connectivity index (χ1n) is 7.00. The molecule has 0 bridgehead atoms. The van der Waals surface area contributed by atoms with E-state index in [-0.39, 0.29) is 6.03 Å². The van der Waals surface area contributed by atoms with Crippen LogP contribution in [0.2, 0.25) is 0 Å². The molecule has 0 saturated heterocycles. The first-order chi connectivity index (χ1) is 10.8. The van der Waals surface area contributed by atoms with Gasteiger partial charge < -0.3 is 20.1 Å². The molecule has 22 heavy (non-hydrogen) atoms. The van der Waals surface area contributed by atoms with Crippen LogP contribution in [0.3, 0.4) is 0 Å². The lowest BCUT2D eigenvalue weighted by Gasteiger charge is -2.09. The van der Waals surface area contributed by atoms with Crippen molar-refractivity contribution in [2.75, 3.05) is 25.6 Å². The quantitative estimate of drug-likeness (QED) is 0.771. The van der Waals surface area contributed by atoms with Gasteiger partial charge in [0.1, 0.15) is 5.75 Å². The lowest BCUT2D eigenvalue weighted by molar-refractivity contribution is 0.194. The van der Waals surface area contributed by atoms with E-state index in [2.05, 4.69) is 15.6 Å². The van der Waals surface area contributed by atoms with E-state index in [9.17, 15) is 4.79 Å². The molecule has 0 aliphatic rings. The summed E-state index contributed by atoms with van der Waals surface area (Å²) in [4.78, 5) is 15.8. The van der Waals surface area contributed by atoms with Gasteiger partial charge >= 0.3 is 6.03 Å². The molecule has 2 N–H and O–H groups in total. The minimum atomic E-state index is -0.270. The maximum absolute atomic E-state index is 11.7. The molecular weight excluding hydrogens is 282 g/mol. The van der Waals surface area contributed by atoms with Gasteiger partial charge in [0, 0.05) is 38.2 Å². The minimum absolute atomic E-state index is 0.270. The van der Waals surface area contributed by atoms with Gasteiger partial charge in [0.15, 0.2) is 0 Å². The Balaban J connectivity index is 1.87. The van der Waals surface area contributed by atoms with Gasteiger partial charge in [-0.1, -0.05) is 18.2 Å². The first kappa shape index (κ1) is 15.8. The number of anilines is 1. The third-order valence-corrected chi connectivity index (χ3v) is 2.77. The van der Waals surface area contributed by atoms with Crippen molar-refractivity contribution >= 4 is 11.7 Å². The number of hydrogen-bond acceptors (Lipinski definition) is 4. The zero-order chi connectivity index (χ0) is 15.6. The second-order valence-electron chi connectivity index (χ2n) is 4.53. The molecule has 0 unspecified atom stereocenters. The molecular formula is C16H19N3O3. The number of benzene rings is 1. The molecule has 0 radical (unpaired) electrons. The van der Waals surface area contributed by atoms with Crippen LogP contribution in [-0.4, -0.2) is 31.3 Å². The summed E-state index contributed by atoms with van der Waals surface area (Å²) < 4.78 is 10.5. The molecule has 0 aliphatic heterocycles. The molecule has 116 valence electrons. The summed E-state index contributed by atoms with van der Waals surface area (Å²) in [5, 5.41) is 5.48. The van der Waals surface area contributed by atoms with Crippen LogP contribution in [0.1, 0.15) is 6.42 Å². The Morgan fingerprint density at radius 3 is 2.82 bits per heavy atom. The summed E-state index contributed by atoms with van der Waals surface area (Å²) in [5.74, 6) is 1.11. The highest BCUT2D eigenvalue weighted by atomic mass is 16.5. The summed E-state index contributed by atoms with van der Waals surface area (Å²) in [6, 6.07) is 12.4. The van der Waals surface area contributed by atoms with E-state index in [0.717, 1.165) is 6.42 Å². The van der Waals surface area contributed by atoms with Crippen molar-refractivity contribution in [3.05, 3.63) is 48.7 Å². The van der Waals surface area contributed by atoms with Crippen LogP contribution in [0.4, 0.5) is 10.5 Å². The van der Waals surface area contributed by atoms with Crippen LogP contribution >= 0.6 is 0 Å². The molecule has 2 amide bonds. The standard InChI is InChI=1S/C16H19N3O3/c1-21-11-5-9-18-16(20)19-13-8-10-17-15(12-13)22-14-6-3-2-4-7-14/h2-4,6-8,10,12H,5,9,11H2,1H3,(H2,17,18,19,20). The molecule has 6 heteroatoms. The highest BCUT2D eigenvalue weighted by molar-refractivity contribution is 5.89. The van der Waals surface area contributed by atoms with Crippen molar-refractivity contribution in [1.29, 1.82) is 0 Å². The fourth-order valence-electron chi connectivity index (χ4n) is 1.75. The number of nitrogens with zero attached hydrogens (tertiary/aromatic N) is 1. The number of urea groups is 1. The summed E-state index contributed by atoms with van der Waals surface area (Å²) in [7, 11) is 1.63. The third-order valence-electron chi connectivity index (χ3n) is 2.77. The van der Waals surface area contributed by atoms with Crippen molar-refractivity contribution in [2.45, 2.75) is 6.42 Å². The predicted octanol–water partition coefficient (Wildman–Crippen LogP) is 3.03. The molecule has 2 aromatic rings. The number of carbonyl (C=O) groups excluding carboxylic acids is 1. The average Bonchev–Trinajstić information content (AvgIpc) is 2.53. The Morgan fingerprint density at radius 2 is 2.05 bits per heavy atom. The van der Waals surface area contributed by atoms with Crippen LogP contribution in [0.5, 0.6) is 11.6 Å². The monoisotopic (exact) mass is 301 g/mol. The summed E-state index contributed by atoms with van der Waals surface area (Å²) in [6.45, 7) is 1.17. The molecule has 0 aliphatic carbocycles. The number of para-hydroxylation sites is 1. The fourth-order valence-corrected chi connectivity index (χ4v) is 1.75. The van der Waals surface area contributed by atoms with E-state index in [4.69, 9.17) is 9.47 Å². The van der Waals surface area contributed by atoms with Crippen molar-refractivity contribution in [2.24, 2.45) is 0 Å². The van der Waals surface area contributed by atoms with Crippen molar-refractivity contribution in [3.63, 3.8) is 0 Å². The lowest BCUT2D eigenvalue weighted by atomic mass is 10.3. The molecule has 1 aromatic carbocycles. The summed E-state index contributed by atoms with van der Waals surface area (Å²) in [5.41, 5.74) is 0.616. The predicted molar refractivity (Wildman–Crippen MR) is 84.3 cm³/mol. The Hall–Kier alpha value is -2.60. The van der Waals surface area contributed by atoms with E-state index in [1.54, 1.807) is 25.4 Å². The van der Waals surface area contributed by atoms with Crippen LogP contribution in [0, 0.1) is 0 Å². The highest BCUT2D eigenvalue weighted by Crippen LogP contribution is 2.21. The number of nitrogens with one attached hydrogen (secondary N) is 2. The number of carbonyl (C=O) groups is 1. The topological polar surface area (TPSA) is 72.5 Å². The van der Waals surface area contributed by atoms with Crippen LogP contribution < -0.4 is 15.4 Å². The highest BCUT2D eigenvalue weighted by Gasteiger charge is 2.04. The van der Waals surface area contributed by atoms with Crippen molar-refractivity contribution in [1.82, 2.24) is 10.3 Å². The van der Waals surface area contributed by atoms with Gasteiger partial charge in [-0.15, -0.1) is 0 Å². The molecule has 0 saturated carbocycles. The molecule has 2 rings (SSSR count). The van der Waals surface area contributed by atoms with Crippen LogP contribution in [0.25, 0.3) is 0 Å². The van der Waals surface area contributed by atoms with Gasteiger partial charge in [0.05, 0.1) is 0 Å². The third kappa shape index (κ3) is 5.41. The number of methoxy groups -OCH3 is 1. The van der Waals surface area contributed by atoms with Crippen molar-refractivity contribution < 1.29 is 14.3 Å². The Kier molecular flexibility index (Phi) is 6.19. The van der Waals surface area contributed by atoms with Gasteiger partial charge in [-0.3, -0.25) is 0 Å². The van der Waals surface area contributed by atoms with E-state index in [1.165, 1.54) is 0 Å². The molecule has 0 atom stereocenters. The van der Waals surface area contributed by atoms with Crippen LogP contribution in [-0.2, 0) is 4.74 Å². The van der Waals surface area contributed by atoms with Gasteiger partial charge in [-0.05, 0) is 24.6 Å². The smallest absolute Gasteiger partial charge is 0.319 e. The minimum Gasteiger partial charge on any atom is -0.439 e. The second-order valence-corrected chi connectivity index (χ2v) is 4.53. The Morgan fingerprint density at radius 1 is 1.23 bits per heavy atom. The van der Waals surface area contributed by atoms with Crippen LogP contribution in [0.15, 0.2) is 48.7 Å². The molecule has 1 aromatic heterocycles.